The van der Waals surface area contributed by atoms with E-state index in [0.29, 0.717) is 11.3 Å². The van der Waals surface area contributed by atoms with Gasteiger partial charge in [-0.1, -0.05) is 13.0 Å². The molecule has 1 aliphatic heterocycles. The molecular weight excluding hydrogens is 494 g/mol. The molecule has 11 nitrogen and oxygen atoms in total. The van der Waals surface area contributed by atoms with Crippen LogP contribution in [-0.2, 0) is 14.4 Å². The van der Waals surface area contributed by atoms with Gasteiger partial charge in [-0.2, -0.15) is 0 Å². The van der Waals surface area contributed by atoms with Crippen molar-refractivity contribution in [2.45, 2.75) is 56.0 Å². The highest BCUT2D eigenvalue weighted by Crippen LogP contribution is 2.56. The number of fused-ring (bicyclic) bond motifs is 3. The molecule has 1 aromatic rings. The molecule has 3 fully saturated rings. The van der Waals surface area contributed by atoms with Gasteiger partial charge in [0, 0.05) is 36.5 Å². The maximum atomic E-state index is 14.0. The molecule has 7 N–H and O–H groups in total. The number of hydrogen-bond acceptors (Lipinski definition) is 10. The number of phenols is 1. The van der Waals surface area contributed by atoms with Crippen molar-refractivity contribution in [2.75, 3.05) is 32.1 Å². The van der Waals surface area contributed by atoms with Crippen LogP contribution in [0.5, 0.6) is 5.75 Å². The van der Waals surface area contributed by atoms with E-state index in [2.05, 4.69) is 0 Å². The summed E-state index contributed by atoms with van der Waals surface area (Å²) in [5, 5.41) is 57.1. The average molecular weight is 530 g/mol. The topological polar surface area (TPSA) is 185 Å². The molecule has 2 saturated carbocycles. The smallest absolute Gasteiger partial charge is 0.230 e. The van der Waals surface area contributed by atoms with E-state index in [9.17, 15) is 39.9 Å². The summed E-state index contributed by atoms with van der Waals surface area (Å²) in [6.45, 7) is 3.17. The molecule has 1 saturated heterocycles. The zero-order valence-electron chi connectivity index (χ0n) is 21.7. The SMILES string of the molecule is C[C@H]1c2ccc(N3CCCCC3)c(O)c2C(O)=C2C(=O)[C@]3(O)C(=O)C(C(N)=O)C(O)[C@@H](N(C)C)[C@@H]3[C@@H](O)[C@@H]21. The highest BCUT2D eigenvalue weighted by atomic mass is 16.3. The van der Waals surface area contributed by atoms with Crippen LogP contribution in [0.25, 0.3) is 5.76 Å². The van der Waals surface area contributed by atoms with Crippen LogP contribution in [0.1, 0.15) is 43.2 Å². The summed E-state index contributed by atoms with van der Waals surface area (Å²) in [5.41, 5.74) is 3.12. The maximum Gasteiger partial charge on any atom is 0.230 e. The van der Waals surface area contributed by atoms with E-state index < -0.39 is 70.8 Å². The molecule has 4 aliphatic rings. The lowest BCUT2D eigenvalue weighted by molar-refractivity contribution is -0.199. The number of anilines is 1. The Hall–Kier alpha value is -2.99. The second-order valence-electron chi connectivity index (χ2n) is 11.3. The van der Waals surface area contributed by atoms with Crippen molar-refractivity contribution in [1.29, 1.82) is 0 Å². The maximum absolute atomic E-state index is 14.0. The number of amides is 1. The Balaban J connectivity index is 1.71. The van der Waals surface area contributed by atoms with Gasteiger partial charge in [-0.05, 0) is 50.9 Å². The molecule has 5 rings (SSSR count). The minimum absolute atomic E-state index is 0.0216. The first-order valence-corrected chi connectivity index (χ1v) is 13.0. The van der Waals surface area contributed by atoms with Crippen molar-refractivity contribution in [1.82, 2.24) is 4.90 Å². The minimum Gasteiger partial charge on any atom is -0.507 e. The molecule has 11 heteroatoms. The van der Waals surface area contributed by atoms with Crippen molar-refractivity contribution in [3.05, 3.63) is 28.8 Å². The van der Waals surface area contributed by atoms with Gasteiger partial charge in [-0.25, -0.2) is 0 Å². The Morgan fingerprint density at radius 2 is 1.71 bits per heavy atom. The summed E-state index contributed by atoms with van der Waals surface area (Å²) in [6, 6.07) is 2.33. The quantitative estimate of drug-likeness (QED) is 0.283. The first-order chi connectivity index (χ1) is 17.8. The fraction of sp³-hybridized carbons (Fsp3) is 0.593. The van der Waals surface area contributed by atoms with Crippen molar-refractivity contribution in [3.63, 3.8) is 0 Å². The van der Waals surface area contributed by atoms with Crippen LogP contribution in [0, 0.1) is 17.8 Å². The number of nitrogens with zero attached hydrogens (tertiary/aromatic N) is 2. The monoisotopic (exact) mass is 529 g/mol. The first kappa shape index (κ1) is 26.6. The molecule has 206 valence electrons. The highest BCUT2D eigenvalue weighted by molar-refractivity contribution is 6.25. The van der Waals surface area contributed by atoms with Gasteiger partial charge in [0.2, 0.25) is 11.7 Å². The van der Waals surface area contributed by atoms with E-state index in [1.54, 1.807) is 19.1 Å². The average Bonchev–Trinajstić information content (AvgIpc) is 2.86. The van der Waals surface area contributed by atoms with Crippen molar-refractivity contribution in [3.8, 4) is 5.75 Å². The van der Waals surface area contributed by atoms with E-state index in [0.717, 1.165) is 32.4 Å². The number of Topliss-reactive ketones (excluding diaryl/α,β-unsaturated/α-hetero) is 2. The molecule has 3 aliphatic carbocycles. The number of hydrogen-bond donors (Lipinski definition) is 6. The zero-order valence-corrected chi connectivity index (χ0v) is 21.7. The van der Waals surface area contributed by atoms with E-state index in [-0.39, 0.29) is 16.9 Å². The van der Waals surface area contributed by atoms with Gasteiger partial charge in [-0.3, -0.25) is 14.4 Å². The number of piperidine rings is 1. The third kappa shape index (κ3) is 3.38. The number of carbonyl (C=O) groups excluding carboxylic acids is 3. The largest absolute Gasteiger partial charge is 0.507 e. The third-order valence-electron chi connectivity index (χ3n) is 9.17. The molecule has 0 spiro atoms. The Labute approximate surface area is 220 Å². The van der Waals surface area contributed by atoms with Crippen molar-refractivity contribution >= 4 is 28.9 Å². The van der Waals surface area contributed by atoms with Crippen LogP contribution in [-0.4, -0.2) is 98.9 Å². The summed E-state index contributed by atoms with van der Waals surface area (Å²) < 4.78 is 0. The van der Waals surface area contributed by atoms with Gasteiger partial charge in [0.25, 0.3) is 0 Å². The summed E-state index contributed by atoms with van der Waals surface area (Å²) in [5.74, 6) is -9.58. The fourth-order valence-corrected chi connectivity index (χ4v) is 7.35. The van der Waals surface area contributed by atoms with Gasteiger partial charge in [0.1, 0.15) is 17.4 Å². The summed E-state index contributed by atoms with van der Waals surface area (Å²) in [7, 11) is 3.06. The van der Waals surface area contributed by atoms with Gasteiger partial charge in [0.05, 0.1) is 23.5 Å². The van der Waals surface area contributed by atoms with E-state index >= 15 is 0 Å². The zero-order chi connectivity index (χ0) is 27.8. The lowest BCUT2D eigenvalue weighted by atomic mass is 9.52. The summed E-state index contributed by atoms with van der Waals surface area (Å²) in [6.07, 6.45) is -0.275. The molecule has 1 amide bonds. The lowest BCUT2D eigenvalue weighted by Crippen LogP contribution is -2.76. The Morgan fingerprint density at radius 1 is 1.08 bits per heavy atom. The first-order valence-electron chi connectivity index (χ1n) is 13.0. The molecule has 8 atom stereocenters. The molecule has 0 aromatic heterocycles. The van der Waals surface area contributed by atoms with Crippen LogP contribution in [0.2, 0.25) is 0 Å². The van der Waals surface area contributed by atoms with E-state index in [4.69, 9.17) is 5.73 Å². The molecule has 2 unspecified atom stereocenters. The third-order valence-corrected chi connectivity index (χ3v) is 9.17. The fourth-order valence-electron chi connectivity index (χ4n) is 7.35. The Kier molecular flexibility index (Phi) is 6.33. The van der Waals surface area contributed by atoms with Gasteiger partial charge in [-0.15, -0.1) is 0 Å². The number of carbonyl (C=O) groups is 3. The van der Waals surface area contributed by atoms with Crippen molar-refractivity contribution in [2.24, 2.45) is 23.5 Å². The van der Waals surface area contributed by atoms with Crippen LogP contribution >= 0.6 is 0 Å². The standard InChI is InChI=1S/C27H35N3O8/c1-11-12-7-8-13(30-9-5-4-6-10-30)20(31)15(12)21(32)16-14(11)22(33)18-19(29(2)3)23(34)17(26(28)37)25(36)27(18,38)24(16)35/h7-8,11,14,17-19,22-23,31-34,38H,4-6,9-10H2,1-3H3,(H2,28,37)/t11-,14+,17?,18+,19-,22-,23?,27-/m0/s1. The van der Waals surface area contributed by atoms with E-state index in [1.165, 1.54) is 19.0 Å². The second-order valence-corrected chi connectivity index (χ2v) is 11.3. The molecule has 0 bridgehead atoms. The van der Waals surface area contributed by atoms with Crippen molar-refractivity contribution < 1.29 is 39.9 Å². The Morgan fingerprint density at radius 3 is 2.29 bits per heavy atom. The number of aliphatic hydroxyl groups excluding tert-OH is 3. The molecule has 38 heavy (non-hydrogen) atoms. The predicted molar refractivity (Wildman–Crippen MR) is 136 cm³/mol. The molecular formula is C27H35N3O8. The summed E-state index contributed by atoms with van der Waals surface area (Å²) in [4.78, 5) is 43.1. The van der Waals surface area contributed by atoms with Gasteiger partial charge >= 0.3 is 0 Å². The number of phenolic OH excluding ortho intramolecular Hbond substituents is 1. The van der Waals surface area contributed by atoms with Crippen LogP contribution in [0.4, 0.5) is 5.69 Å². The molecule has 0 radical (unpaired) electrons. The minimum atomic E-state index is -2.93. The molecule has 1 heterocycles. The second kappa shape index (κ2) is 9.04. The number of ketones is 2. The number of nitrogens with two attached hydrogens (primary N) is 1. The predicted octanol–water partition coefficient (Wildman–Crippen LogP) is -0.349. The normalized spacial score (nSPS) is 37.1. The van der Waals surface area contributed by atoms with E-state index in [1.807, 2.05) is 4.90 Å². The molecule has 1 aromatic carbocycles. The van der Waals surface area contributed by atoms with Crippen LogP contribution in [0.3, 0.4) is 0 Å². The number of rotatable bonds is 3. The van der Waals surface area contributed by atoms with Crippen LogP contribution < -0.4 is 10.6 Å². The number of aliphatic hydroxyl groups is 4. The number of primary amides is 1. The number of aromatic hydroxyl groups is 1. The number of likely N-dealkylation sites (N-methyl/N-ethyl adjacent to an activating group) is 1. The Bertz CT molecular complexity index is 1240. The summed E-state index contributed by atoms with van der Waals surface area (Å²) >= 11 is 0. The number of benzene rings is 1. The van der Waals surface area contributed by atoms with Crippen LogP contribution in [0.15, 0.2) is 17.7 Å². The highest BCUT2D eigenvalue weighted by Gasteiger charge is 2.71. The van der Waals surface area contributed by atoms with Gasteiger partial charge < -0.3 is 41.1 Å². The lowest BCUT2D eigenvalue weighted by Gasteiger charge is -2.56. The van der Waals surface area contributed by atoms with Gasteiger partial charge in [0.15, 0.2) is 11.4 Å².